The van der Waals surface area contributed by atoms with E-state index in [1.807, 2.05) is 12.1 Å². The molecule has 2 rings (SSSR count). The van der Waals surface area contributed by atoms with Gasteiger partial charge in [0.25, 0.3) is 0 Å². The summed E-state index contributed by atoms with van der Waals surface area (Å²) in [5.74, 6) is 0.134. The maximum Gasteiger partial charge on any atom is 0.165 e. The van der Waals surface area contributed by atoms with Crippen LogP contribution in [-0.4, -0.2) is 24.7 Å². The van der Waals surface area contributed by atoms with Crippen molar-refractivity contribution in [1.82, 2.24) is 5.32 Å². The first-order valence-corrected chi connectivity index (χ1v) is 7.15. The highest BCUT2D eigenvalue weighted by Crippen LogP contribution is 2.31. The summed E-state index contributed by atoms with van der Waals surface area (Å²) in [6.45, 7) is 10.2. The summed E-state index contributed by atoms with van der Waals surface area (Å²) < 4.78 is 14.3. The van der Waals surface area contributed by atoms with E-state index in [9.17, 15) is 4.39 Å². The SMILES string of the molecule is CC(C)C1CNC(C)(C)CN1c1cccc(Cl)c1F. The zero-order chi connectivity index (χ0) is 14.2. The monoisotopic (exact) mass is 284 g/mol. The summed E-state index contributed by atoms with van der Waals surface area (Å²) >= 11 is 5.91. The van der Waals surface area contributed by atoms with Gasteiger partial charge in [-0.2, -0.15) is 0 Å². The molecule has 2 nitrogen and oxygen atoms in total. The summed E-state index contributed by atoms with van der Waals surface area (Å²) in [5, 5.41) is 3.72. The lowest BCUT2D eigenvalue weighted by atomic mass is 9.92. The number of nitrogens with zero attached hydrogens (tertiary/aromatic N) is 1. The Morgan fingerprint density at radius 1 is 1.42 bits per heavy atom. The predicted molar refractivity (Wildman–Crippen MR) is 79.5 cm³/mol. The molecule has 1 aliphatic heterocycles. The molecule has 0 saturated carbocycles. The Hall–Kier alpha value is -0.800. The van der Waals surface area contributed by atoms with Crippen LogP contribution in [0.25, 0.3) is 0 Å². The molecule has 1 atom stereocenters. The minimum Gasteiger partial charge on any atom is -0.363 e. The molecular weight excluding hydrogens is 263 g/mol. The molecule has 1 aromatic rings. The van der Waals surface area contributed by atoms with Crippen LogP contribution in [0.1, 0.15) is 27.7 Å². The van der Waals surface area contributed by atoms with E-state index < -0.39 is 0 Å². The molecule has 0 spiro atoms. The van der Waals surface area contributed by atoms with Crippen LogP contribution in [0.3, 0.4) is 0 Å². The van der Waals surface area contributed by atoms with Crippen molar-refractivity contribution in [1.29, 1.82) is 0 Å². The lowest BCUT2D eigenvalue weighted by Crippen LogP contribution is -2.63. The molecule has 19 heavy (non-hydrogen) atoms. The summed E-state index contributed by atoms with van der Waals surface area (Å²) in [5.41, 5.74) is 0.584. The molecular formula is C15H22ClFN2. The third kappa shape index (κ3) is 3.03. The molecule has 0 amide bonds. The predicted octanol–water partition coefficient (Wildman–Crippen LogP) is 3.69. The maximum absolute atomic E-state index is 14.3. The quantitative estimate of drug-likeness (QED) is 0.891. The topological polar surface area (TPSA) is 15.3 Å². The molecule has 4 heteroatoms. The fraction of sp³-hybridized carbons (Fsp3) is 0.600. The van der Waals surface area contributed by atoms with Gasteiger partial charge in [0.1, 0.15) is 0 Å². The number of piperazine rings is 1. The summed E-state index contributed by atoms with van der Waals surface area (Å²) in [7, 11) is 0. The van der Waals surface area contributed by atoms with Gasteiger partial charge in [0, 0.05) is 24.7 Å². The zero-order valence-electron chi connectivity index (χ0n) is 12.0. The summed E-state index contributed by atoms with van der Waals surface area (Å²) in [6.07, 6.45) is 0. The van der Waals surface area contributed by atoms with Crippen LogP contribution in [0.15, 0.2) is 18.2 Å². The van der Waals surface area contributed by atoms with Gasteiger partial charge in [0.15, 0.2) is 5.82 Å². The minimum atomic E-state index is -0.312. The molecule has 1 aliphatic rings. The second-order valence-corrected chi connectivity index (χ2v) is 6.68. The highest BCUT2D eigenvalue weighted by molar-refractivity contribution is 6.31. The number of hydrogen-bond acceptors (Lipinski definition) is 2. The number of nitrogens with one attached hydrogen (secondary N) is 1. The number of anilines is 1. The fourth-order valence-electron chi connectivity index (χ4n) is 2.66. The van der Waals surface area contributed by atoms with Crippen molar-refractivity contribution in [3.05, 3.63) is 29.0 Å². The Morgan fingerprint density at radius 3 is 2.74 bits per heavy atom. The molecule has 1 saturated heterocycles. The van der Waals surface area contributed by atoms with Crippen molar-refractivity contribution >= 4 is 17.3 Å². The van der Waals surface area contributed by atoms with Gasteiger partial charge < -0.3 is 10.2 Å². The van der Waals surface area contributed by atoms with Crippen LogP contribution in [0, 0.1) is 11.7 Å². The lowest BCUT2D eigenvalue weighted by Gasteiger charge is -2.47. The summed E-state index contributed by atoms with van der Waals surface area (Å²) in [6, 6.07) is 5.50. The first-order chi connectivity index (χ1) is 8.82. The molecule has 1 unspecified atom stereocenters. The molecule has 0 radical (unpaired) electrons. The van der Waals surface area contributed by atoms with Gasteiger partial charge in [-0.25, -0.2) is 4.39 Å². The highest BCUT2D eigenvalue weighted by atomic mass is 35.5. The zero-order valence-corrected chi connectivity index (χ0v) is 12.8. The number of halogens is 2. The average Bonchev–Trinajstić information content (AvgIpc) is 2.31. The van der Waals surface area contributed by atoms with Crippen molar-refractivity contribution in [2.75, 3.05) is 18.0 Å². The van der Waals surface area contributed by atoms with Crippen LogP contribution in [0.4, 0.5) is 10.1 Å². The van der Waals surface area contributed by atoms with Crippen molar-refractivity contribution in [3.8, 4) is 0 Å². The van der Waals surface area contributed by atoms with Gasteiger partial charge in [0.2, 0.25) is 0 Å². The van der Waals surface area contributed by atoms with E-state index in [0.29, 0.717) is 11.6 Å². The molecule has 1 heterocycles. The Labute approximate surface area is 119 Å². The number of benzene rings is 1. The molecule has 1 aromatic carbocycles. The minimum absolute atomic E-state index is 0.0276. The molecule has 1 fully saturated rings. The third-order valence-electron chi connectivity index (χ3n) is 3.77. The van der Waals surface area contributed by atoms with Gasteiger partial charge in [-0.3, -0.25) is 0 Å². The first kappa shape index (κ1) is 14.6. The third-order valence-corrected chi connectivity index (χ3v) is 4.06. The van der Waals surface area contributed by atoms with Crippen LogP contribution >= 0.6 is 11.6 Å². The molecule has 0 aliphatic carbocycles. The first-order valence-electron chi connectivity index (χ1n) is 6.77. The van der Waals surface area contributed by atoms with Crippen molar-refractivity contribution < 1.29 is 4.39 Å². The average molecular weight is 285 g/mol. The molecule has 0 aromatic heterocycles. The number of rotatable bonds is 2. The van der Waals surface area contributed by atoms with Crippen molar-refractivity contribution in [2.45, 2.75) is 39.3 Å². The van der Waals surface area contributed by atoms with Crippen LogP contribution in [-0.2, 0) is 0 Å². The Kier molecular flexibility index (Phi) is 4.07. The van der Waals surface area contributed by atoms with Crippen LogP contribution in [0.2, 0.25) is 5.02 Å². The highest BCUT2D eigenvalue weighted by Gasteiger charge is 2.35. The van der Waals surface area contributed by atoms with Gasteiger partial charge in [-0.1, -0.05) is 31.5 Å². The van der Waals surface area contributed by atoms with Gasteiger partial charge in [0.05, 0.1) is 10.7 Å². The van der Waals surface area contributed by atoms with E-state index >= 15 is 0 Å². The van der Waals surface area contributed by atoms with E-state index in [2.05, 4.69) is 37.9 Å². The van der Waals surface area contributed by atoms with E-state index in [1.54, 1.807) is 6.07 Å². The Bertz CT molecular complexity index is 459. The second kappa shape index (κ2) is 5.29. The lowest BCUT2D eigenvalue weighted by molar-refractivity contribution is 0.275. The molecule has 106 valence electrons. The van der Waals surface area contributed by atoms with Crippen molar-refractivity contribution in [3.63, 3.8) is 0 Å². The van der Waals surface area contributed by atoms with Crippen LogP contribution in [0.5, 0.6) is 0 Å². The number of hydrogen-bond donors (Lipinski definition) is 1. The van der Waals surface area contributed by atoms with E-state index in [4.69, 9.17) is 11.6 Å². The van der Waals surface area contributed by atoms with E-state index in [-0.39, 0.29) is 22.4 Å². The standard InChI is InChI=1S/C15H22ClFN2/c1-10(2)13-8-18-15(3,4)9-19(13)12-7-5-6-11(16)14(12)17/h5-7,10,13,18H,8-9H2,1-4H3. The van der Waals surface area contributed by atoms with Gasteiger partial charge in [-0.05, 0) is 31.9 Å². The second-order valence-electron chi connectivity index (χ2n) is 6.28. The largest absolute Gasteiger partial charge is 0.363 e. The van der Waals surface area contributed by atoms with Crippen LogP contribution < -0.4 is 10.2 Å². The molecule has 0 bridgehead atoms. The normalized spacial score (nSPS) is 22.9. The summed E-state index contributed by atoms with van der Waals surface area (Å²) in [4.78, 5) is 2.16. The maximum atomic E-state index is 14.3. The Balaban J connectivity index is 2.39. The van der Waals surface area contributed by atoms with Crippen molar-refractivity contribution in [2.24, 2.45) is 5.92 Å². The fourth-order valence-corrected chi connectivity index (χ4v) is 2.83. The smallest absolute Gasteiger partial charge is 0.165 e. The van der Waals surface area contributed by atoms with E-state index in [0.717, 1.165) is 13.1 Å². The van der Waals surface area contributed by atoms with Gasteiger partial charge in [-0.15, -0.1) is 0 Å². The van der Waals surface area contributed by atoms with E-state index in [1.165, 1.54) is 0 Å². The Morgan fingerprint density at radius 2 is 2.11 bits per heavy atom. The molecule has 1 N–H and O–H groups in total. The van der Waals surface area contributed by atoms with Gasteiger partial charge >= 0.3 is 0 Å².